The first-order valence-electron chi connectivity index (χ1n) is 7.32. The van der Waals surface area contributed by atoms with Crippen molar-refractivity contribution in [2.24, 2.45) is 5.92 Å². The summed E-state index contributed by atoms with van der Waals surface area (Å²) in [5.74, 6) is 0.213. The summed E-state index contributed by atoms with van der Waals surface area (Å²) in [5, 5.41) is 3.55. The molecule has 1 unspecified atom stereocenters. The van der Waals surface area contributed by atoms with Crippen LogP contribution in [-0.4, -0.2) is 12.0 Å². The molecule has 4 heteroatoms. The second-order valence-electron chi connectivity index (χ2n) is 5.67. The summed E-state index contributed by atoms with van der Waals surface area (Å²) >= 11 is 5.17. The van der Waals surface area contributed by atoms with Crippen LogP contribution in [0.1, 0.15) is 54.9 Å². The minimum atomic E-state index is -0.502. The van der Waals surface area contributed by atoms with Crippen LogP contribution in [-0.2, 0) is 4.29 Å². The zero-order valence-electron chi connectivity index (χ0n) is 12.1. The Labute approximate surface area is 125 Å². The molecule has 0 bridgehead atoms. The molecule has 0 amide bonds. The number of anilines is 1. The highest BCUT2D eigenvalue weighted by Crippen LogP contribution is 2.29. The van der Waals surface area contributed by atoms with E-state index in [1.54, 1.807) is 6.07 Å². The molecular formula is C16H22ClNO2. The molecule has 3 nitrogen and oxygen atoms in total. The molecule has 0 saturated heterocycles. The van der Waals surface area contributed by atoms with E-state index in [9.17, 15) is 4.79 Å². The number of hydrogen-bond acceptors (Lipinski definition) is 3. The molecular weight excluding hydrogens is 274 g/mol. The monoisotopic (exact) mass is 295 g/mol. The Bertz CT molecular complexity index is 470. The smallest absolute Gasteiger partial charge is 0.356 e. The Hall–Kier alpha value is -1.22. The molecule has 1 aromatic carbocycles. The van der Waals surface area contributed by atoms with Crippen LogP contribution in [0.2, 0.25) is 0 Å². The lowest BCUT2D eigenvalue weighted by atomic mass is 9.84. The second-order valence-corrected chi connectivity index (χ2v) is 5.83. The summed E-state index contributed by atoms with van der Waals surface area (Å²) in [6.07, 6.45) is 6.59. The van der Waals surface area contributed by atoms with Crippen molar-refractivity contribution in [1.29, 1.82) is 0 Å². The summed E-state index contributed by atoms with van der Waals surface area (Å²) in [7, 11) is 0. The molecule has 0 heterocycles. The maximum absolute atomic E-state index is 11.6. The fourth-order valence-corrected chi connectivity index (χ4v) is 3.14. The van der Waals surface area contributed by atoms with E-state index in [0.29, 0.717) is 17.5 Å². The van der Waals surface area contributed by atoms with Crippen molar-refractivity contribution < 1.29 is 9.08 Å². The fraction of sp³-hybridized carbons (Fsp3) is 0.562. The van der Waals surface area contributed by atoms with Crippen LogP contribution in [0.5, 0.6) is 0 Å². The Morgan fingerprint density at radius 1 is 1.35 bits per heavy atom. The summed E-state index contributed by atoms with van der Waals surface area (Å²) in [4.78, 5) is 11.6. The summed E-state index contributed by atoms with van der Waals surface area (Å²) in [6.45, 7) is 4.14. The van der Waals surface area contributed by atoms with Crippen LogP contribution < -0.4 is 5.32 Å². The van der Waals surface area contributed by atoms with Crippen LogP contribution in [0, 0.1) is 12.8 Å². The van der Waals surface area contributed by atoms with Gasteiger partial charge in [0.1, 0.15) is 11.9 Å². The van der Waals surface area contributed by atoms with Gasteiger partial charge in [0.05, 0.1) is 5.56 Å². The van der Waals surface area contributed by atoms with Gasteiger partial charge in [-0.05, 0) is 50.3 Å². The first kappa shape index (κ1) is 15.2. The van der Waals surface area contributed by atoms with Crippen molar-refractivity contribution in [3.8, 4) is 0 Å². The van der Waals surface area contributed by atoms with Gasteiger partial charge in [-0.3, -0.25) is 0 Å². The highest BCUT2D eigenvalue weighted by Gasteiger charge is 2.21. The van der Waals surface area contributed by atoms with Crippen LogP contribution in [0.25, 0.3) is 0 Å². The van der Waals surface area contributed by atoms with Crippen molar-refractivity contribution in [2.75, 3.05) is 5.32 Å². The highest BCUT2D eigenvalue weighted by molar-refractivity contribution is 6.16. The Morgan fingerprint density at radius 2 is 2.05 bits per heavy atom. The van der Waals surface area contributed by atoms with Gasteiger partial charge in [0.15, 0.2) is 0 Å². The number of rotatable bonds is 4. The van der Waals surface area contributed by atoms with E-state index in [1.807, 2.05) is 19.1 Å². The molecule has 1 saturated carbocycles. The minimum Gasteiger partial charge on any atom is -0.382 e. The van der Waals surface area contributed by atoms with Crippen LogP contribution in [0.15, 0.2) is 18.2 Å². The van der Waals surface area contributed by atoms with E-state index >= 15 is 0 Å². The lowest BCUT2D eigenvalue weighted by Gasteiger charge is -2.29. The number of benzene rings is 1. The molecule has 1 aliphatic carbocycles. The topological polar surface area (TPSA) is 38.3 Å². The molecule has 0 aliphatic heterocycles. The van der Waals surface area contributed by atoms with Crippen LogP contribution in [0.4, 0.5) is 5.69 Å². The molecule has 1 atom stereocenters. The highest BCUT2D eigenvalue weighted by atomic mass is 35.5. The number of carbonyl (C=O) groups excluding carboxylic acids is 1. The van der Waals surface area contributed by atoms with E-state index in [4.69, 9.17) is 11.9 Å². The maximum Gasteiger partial charge on any atom is 0.356 e. The molecule has 1 N–H and O–H groups in total. The summed E-state index contributed by atoms with van der Waals surface area (Å²) in [5.41, 5.74) is 2.39. The summed E-state index contributed by atoms with van der Waals surface area (Å²) in [6, 6.07) is 6.00. The number of nitrogens with one attached hydrogen (secondary N) is 1. The Morgan fingerprint density at radius 3 is 2.70 bits per heavy atom. The molecule has 1 aromatic rings. The third-order valence-corrected chi connectivity index (χ3v) is 4.50. The normalized spacial score (nSPS) is 17.6. The largest absolute Gasteiger partial charge is 0.382 e. The predicted molar refractivity (Wildman–Crippen MR) is 82.1 cm³/mol. The average molecular weight is 296 g/mol. The zero-order valence-corrected chi connectivity index (χ0v) is 12.9. The van der Waals surface area contributed by atoms with Gasteiger partial charge in [-0.25, -0.2) is 4.79 Å². The number of halogens is 1. The number of carbonyl (C=O) groups is 1. The van der Waals surface area contributed by atoms with Gasteiger partial charge >= 0.3 is 5.97 Å². The molecule has 110 valence electrons. The average Bonchev–Trinajstić information content (AvgIpc) is 2.49. The van der Waals surface area contributed by atoms with Gasteiger partial charge in [-0.15, -0.1) is 0 Å². The van der Waals surface area contributed by atoms with Crippen molar-refractivity contribution in [2.45, 2.75) is 52.0 Å². The second kappa shape index (κ2) is 6.98. The minimum absolute atomic E-state index is 0.413. The molecule has 20 heavy (non-hydrogen) atoms. The standard InChI is InChI=1S/C16H22ClNO2/c1-11-14(16(19)20-17)9-6-10-15(11)18-12(2)13-7-4-3-5-8-13/h6,9-10,12-13,18H,3-5,7-8H2,1-2H3. The first-order valence-corrected chi connectivity index (χ1v) is 7.63. The van der Waals surface area contributed by atoms with Gasteiger partial charge in [0, 0.05) is 11.7 Å². The van der Waals surface area contributed by atoms with E-state index < -0.39 is 5.97 Å². The van der Waals surface area contributed by atoms with Gasteiger partial charge < -0.3 is 9.61 Å². The van der Waals surface area contributed by atoms with Crippen LogP contribution in [0.3, 0.4) is 0 Å². The van der Waals surface area contributed by atoms with Crippen molar-refractivity contribution in [3.05, 3.63) is 29.3 Å². The SMILES string of the molecule is Cc1c(NC(C)C2CCCCC2)cccc1C(=O)OCl. The van der Waals surface area contributed by atoms with Gasteiger partial charge in [0.25, 0.3) is 0 Å². The molecule has 0 radical (unpaired) electrons. The molecule has 0 aromatic heterocycles. The zero-order chi connectivity index (χ0) is 14.5. The molecule has 2 rings (SSSR count). The molecule has 1 aliphatic rings. The Balaban J connectivity index is 2.10. The van der Waals surface area contributed by atoms with Crippen molar-refractivity contribution in [3.63, 3.8) is 0 Å². The third-order valence-electron chi connectivity index (χ3n) is 4.36. The van der Waals surface area contributed by atoms with E-state index in [0.717, 1.165) is 11.3 Å². The lowest BCUT2D eigenvalue weighted by molar-refractivity contribution is 0.0750. The molecule has 0 spiro atoms. The van der Waals surface area contributed by atoms with E-state index in [1.165, 1.54) is 32.1 Å². The quantitative estimate of drug-likeness (QED) is 0.876. The summed E-state index contributed by atoms with van der Waals surface area (Å²) < 4.78 is 4.30. The van der Waals surface area contributed by atoms with Crippen molar-refractivity contribution >= 4 is 23.5 Å². The Kier molecular flexibility index (Phi) is 5.30. The van der Waals surface area contributed by atoms with E-state index in [2.05, 4.69) is 16.5 Å². The predicted octanol–water partition coefficient (Wildman–Crippen LogP) is 4.69. The van der Waals surface area contributed by atoms with Gasteiger partial charge in [0.2, 0.25) is 0 Å². The van der Waals surface area contributed by atoms with Gasteiger partial charge in [-0.2, -0.15) is 0 Å². The van der Waals surface area contributed by atoms with Crippen molar-refractivity contribution in [1.82, 2.24) is 0 Å². The third kappa shape index (κ3) is 3.45. The fourth-order valence-electron chi connectivity index (χ4n) is 3.05. The maximum atomic E-state index is 11.6. The lowest BCUT2D eigenvalue weighted by Crippen LogP contribution is -2.28. The van der Waals surface area contributed by atoms with Crippen LogP contribution >= 0.6 is 11.9 Å². The van der Waals surface area contributed by atoms with Gasteiger partial charge in [-0.1, -0.05) is 25.3 Å². The molecule has 1 fully saturated rings. The van der Waals surface area contributed by atoms with E-state index in [-0.39, 0.29) is 0 Å². The first-order chi connectivity index (χ1) is 9.63. The number of hydrogen-bond donors (Lipinski definition) is 1.